The highest BCUT2D eigenvalue weighted by Gasteiger charge is 1.97. The Morgan fingerprint density at radius 2 is 2.25 bits per heavy atom. The van der Waals surface area contributed by atoms with Crippen LogP contribution in [-0.2, 0) is 9.53 Å². The lowest BCUT2D eigenvalue weighted by molar-refractivity contribution is -0.137. The lowest BCUT2D eigenvalue weighted by Gasteiger charge is -2.01. The van der Waals surface area contributed by atoms with Crippen LogP contribution in [0.3, 0.4) is 0 Å². The highest BCUT2D eigenvalue weighted by molar-refractivity contribution is 5.81. The van der Waals surface area contributed by atoms with Gasteiger partial charge in [0, 0.05) is 6.08 Å². The van der Waals surface area contributed by atoms with Crippen LogP contribution in [0, 0.1) is 0 Å². The third-order valence-electron chi connectivity index (χ3n) is 1.42. The van der Waals surface area contributed by atoms with Gasteiger partial charge in [-0.2, -0.15) is 0 Å². The molecule has 0 aromatic heterocycles. The van der Waals surface area contributed by atoms with Crippen LogP contribution in [-0.4, -0.2) is 23.8 Å². The molecule has 3 heteroatoms. The fraction of sp³-hybridized carbons (Fsp3) is 0.667. The second-order valence-corrected chi connectivity index (χ2v) is 2.45. The molecule has 0 spiro atoms. The minimum Gasteiger partial charge on any atom is -0.463 e. The first kappa shape index (κ1) is 11.2. The van der Waals surface area contributed by atoms with Gasteiger partial charge < -0.3 is 9.84 Å². The van der Waals surface area contributed by atoms with Crippen molar-refractivity contribution in [2.75, 3.05) is 6.61 Å². The number of hydrogen-bond acceptors (Lipinski definition) is 3. The Hall–Kier alpha value is -0.830. The Balaban J connectivity index is 3.54. The second kappa shape index (κ2) is 6.85. The Bertz CT molecular complexity index is 152. The monoisotopic (exact) mass is 172 g/mol. The van der Waals surface area contributed by atoms with Gasteiger partial charge >= 0.3 is 5.97 Å². The minimum absolute atomic E-state index is 0.346. The standard InChI is InChI=1S/C9H16O3/c1-3-8(10)6-5-7-9(11)12-4-2/h5,7-8,10H,3-4,6H2,1-2H3. The van der Waals surface area contributed by atoms with Crippen molar-refractivity contribution < 1.29 is 14.6 Å². The molecular formula is C9H16O3. The van der Waals surface area contributed by atoms with Gasteiger partial charge in [-0.15, -0.1) is 0 Å². The number of carbonyl (C=O) groups excluding carboxylic acids is 1. The largest absolute Gasteiger partial charge is 0.463 e. The number of carbonyl (C=O) groups is 1. The third kappa shape index (κ3) is 5.92. The van der Waals surface area contributed by atoms with E-state index in [1.165, 1.54) is 6.08 Å². The summed E-state index contributed by atoms with van der Waals surface area (Å²) in [6.45, 7) is 4.04. The predicted octanol–water partition coefficient (Wildman–Crippen LogP) is 1.27. The fourth-order valence-electron chi connectivity index (χ4n) is 0.678. The maximum Gasteiger partial charge on any atom is 0.330 e. The van der Waals surface area contributed by atoms with E-state index in [2.05, 4.69) is 4.74 Å². The molecule has 0 bridgehead atoms. The van der Waals surface area contributed by atoms with E-state index in [4.69, 9.17) is 5.11 Å². The zero-order valence-electron chi connectivity index (χ0n) is 7.62. The Morgan fingerprint density at radius 1 is 1.58 bits per heavy atom. The van der Waals surface area contributed by atoms with Crippen molar-refractivity contribution in [3.05, 3.63) is 12.2 Å². The van der Waals surface area contributed by atoms with E-state index in [0.717, 1.165) is 0 Å². The average molecular weight is 172 g/mol. The molecule has 1 unspecified atom stereocenters. The van der Waals surface area contributed by atoms with Crippen LogP contribution in [0.4, 0.5) is 0 Å². The molecule has 0 amide bonds. The van der Waals surface area contributed by atoms with E-state index in [-0.39, 0.29) is 12.1 Å². The SMILES string of the molecule is CCOC(=O)C=CCC(O)CC. The summed E-state index contributed by atoms with van der Waals surface area (Å²) < 4.78 is 4.65. The van der Waals surface area contributed by atoms with Gasteiger partial charge in [0.1, 0.15) is 0 Å². The first-order valence-electron chi connectivity index (χ1n) is 4.22. The maximum absolute atomic E-state index is 10.7. The van der Waals surface area contributed by atoms with Crippen LogP contribution < -0.4 is 0 Å². The molecule has 0 aliphatic rings. The summed E-state index contributed by atoms with van der Waals surface area (Å²) in [7, 11) is 0. The molecule has 0 aliphatic heterocycles. The van der Waals surface area contributed by atoms with Crippen LogP contribution in [0.1, 0.15) is 26.7 Å². The van der Waals surface area contributed by atoms with Gasteiger partial charge in [-0.1, -0.05) is 13.0 Å². The quantitative estimate of drug-likeness (QED) is 0.501. The predicted molar refractivity (Wildman–Crippen MR) is 46.7 cm³/mol. The van der Waals surface area contributed by atoms with E-state index < -0.39 is 0 Å². The summed E-state index contributed by atoms with van der Waals surface area (Å²) in [5.74, 6) is -0.346. The summed E-state index contributed by atoms with van der Waals surface area (Å²) >= 11 is 0. The lowest BCUT2D eigenvalue weighted by Crippen LogP contribution is -2.03. The Labute approximate surface area is 73.0 Å². The van der Waals surface area contributed by atoms with Crippen LogP contribution >= 0.6 is 0 Å². The van der Waals surface area contributed by atoms with Crippen molar-refractivity contribution in [1.82, 2.24) is 0 Å². The van der Waals surface area contributed by atoms with E-state index in [1.807, 2.05) is 6.92 Å². The number of hydrogen-bond donors (Lipinski definition) is 1. The lowest BCUT2D eigenvalue weighted by atomic mass is 10.2. The molecule has 0 aromatic rings. The minimum atomic E-state index is -0.351. The summed E-state index contributed by atoms with van der Waals surface area (Å²) in [6, 6.07) is 0. The van der Waals surface area contributed by atoms with Gasteiger partial charge in [-0.05, 0) is 19.8 Å². The second-order valence-electron chi connectivity index (χ2n) is 2.45. The number of aliphatic hydroxyl groups excluding tert-OH is 1. The highest BCUT2D eigenvalue weighted by Crippen LogP contribution is 1.97. The molecule has 0 saturated heterocycles. The molecular weight excluding hydrogens is 156 g/mol. The van der Waals surface area contributed by atoms with Gasteiger partial charge in [-0.3, -0.25) is 0 Å². The number of ether oxygens (including phenoxy) is 1. The average Bonchev–Trinajstić information content (AvgIpc) is 2.04. The molecule has 3 nitrogen and oxygen atoms in total. The molecule has 0 aliphatic carbocycles. The molecule has 0 fully saturated rings. The van der Waals surface area contributed by atoms with Gasteiger partial charge in [0.2, 0.25) is 0 Å². The Kier molecular flexibility index (Phi) is 6.38. The van der Waals surface area contributed by atoms with E-state index in [0.29, 0.717) is 19.4 Å². The smallest absolute Gasteiger partial charge is 0.330 e. The topological polar surface area (TPSA) is 46.5 Å². The number of rotatable bonds is 5. The molecule has 0 heterocycles. The Morgan fingerprint density at radius 3 is 2.75 bits per heavy atom. The van der Waals surface area contributed by atoms with E-state index in [1.54, 1.807) is 13.0 Å². The molecule has 0 radical (unpaired) electrons. The molecule has 0 rings (SSSR count). The summed E-state index contributed by atoms with van der Waals surface area (Å²) in [4.78, 5) is 10.7. The van der Waals surface area contributed by atoms with Crippen molar-refractivity contribution in [3.63, 3.8) is 0 Å². The van der Waals surface area contributed by atoms with Gasteiger partial charge in [0.25, 0.3) is 0 Å². The van der Waals surface area contributed by atoms with Gasteiger partial charge in [0.05, 0.1) is 12.7 Å². The van der Waals surface area contributed by atoms with E-state index in [9.17, 15) is 4.79 Å². The molecule has 1 atom stereocenters. The molecule has 1 N–H and O–H groups in total. The molecule has 0 saturated carbocycles. The van der Waals surface area contributed by atoms with Crippen LogP contribution in [0.15, 0.2) is 12.2 Å². The third-order valence-corrected chi connectivity index (χ3v) is 1.42. The van der Waals surface area contributed by atoms with Crippen LogP contribution in [0.2, 0.25) is 0 Å². The summed E-state index contributed by atoms with van der Waals surface area (Å²) in [6.07, 6.45) is 3.84. The first-order valence-corrected chi connectivity index (χ1v) is 4.22. The summed E-state index contributed by atoms with van der Waals surface area (Å²) in [5.41, 5.74) is 0. The van der Waals surface area contributed by atoms with Crippen LogP contribution in [0.25, 0.3) is 0 Å². The van der Waals surface area contributed by atoms with Crippen LogP contribution in [0.5, 0.6) is 0 Å². The summed E-state index contributed by atoms with van der Waals surface area (Å²) in [5, 5.41) is 9.10. The van der Waals surface area contributed by atoms with Crippen molar-refractivity contribution in [2.24, 2.45) is 0 Å². The normalized spacial score (nSPS) is 13.2. The first-order chi connectivity index (χ1) is 5.70. The fourth-order valence-corrected chi connectivity index (χ4v) is 0.678. The molecule has 12 heavy (non-hydrogen) atoms. The maximum atomic E-state index is 10.7. The van der Waals surface area contributed by atoms with Gasteiger partial charge in [0.15, 0.2) is 0 Å². The highest BCUT2D eigenvalue weighted by atomic mass is 16.5. The molecule has 0 aromatic carbocycles. The van der Waals surface area contributed by atoms with Crippen molar-refractivity contribution in [3.8, 4) is 0 Å². The van der Waals surface area contributed by atoms with Crippen molar-refractivity contribution in [2.45, 2.75) is 32.8 Å². The van der Waals surface area contributed by atoms with Crippen molar-refractivity contribution >= 4 is 5.97 Å². The number of esters is 1. The zero-order chi connectivity index (χ0) is 9.40. The van der Waals surface area contributed by atoms with Gasteiger partial charge in [-0.25, -0.2) is 4.79 Å². The molecule has 70 valence electrons. The zero-order valence-corrected chi connectivity index (χ0v) is 7.62. The number of aliphatic hydroxyl groups is 1. The van der Waals surface area contributed by atoms with Crippen molar-refractivity contribution in [1.29, 1.82) is 0 Å². The van der Waals surface area contributed by atoms with E-state index >= 15 is 0 Å².